The molecule has 0 saturated heterocycles. The van der Waals surface area contributed by atoms with Gasteiger partial charge in [0.1, 0.15) is 0 Å². The molecule has 1 aromatic carbocycles. The maximum absolute atomic E-state index is 10.6. The van der Waals surface area contributed by atoms with Crippen molar-refractivity contribution in [1.29, 1.82) is 0 Å². The fourth-order valence-electron chi connectivity index (χ4n) is 1.08. The Labute approximate surface area is 92.1 Å². The third-order valence-corrected chi connectivity index (χ3v) is 1.86. The second kappa shape index (κ2) is 6.44. The van der Waals surface area contributed by atoms with Crippen LogP contribution in [-0.4, -0.2) is 23.7 Å². The Morgan fingerprint density at radius 1 is 1.50 bits per heavy atom. The highest BCUT2D eigenvalue weighted by atomic mass is 16.5. The first-order chi connectivity index (χ1) is 7.74. The van der Waals surface area contributed by atoms with Gasteiger partial charge in [-0.2, -0.15) is 0 Å². The number of carboxylic acid groups (broad SMARTS) is 1. The van der Waals surface area contributed by atoms with Gasteiger partial charge < -0.3 is 9.84 Å². The van der Waals surface area contributed by atoms with E-state index in [-0.39, 0.29) is 6.61 Å². The maximum atomic E-state index is 10.6. The Balaban J connectivity index is 2.39. The number of hydrogen-bond acceptors (Lipinski definition) is 3. The lowest BCUT2D eigenvalue weighted by Gasteiger charge is -2.07. The lowest BCUT2D eigenvalue weighted by molar-refractivity contribution is -0.140. The summed E-state index contributed by atoms with van der Waals surface area (Å²) >= 11 is 0. The van der Waals surface area contributed by atoms with E-state index in [9.17, 15) is 4.79 Å². The second-order valence-electron chi connectivity index (χ2n) is 3.06. The van der Waals surface area contributed by atoms with E-state index in [0.29, 0.717) is 6.61 Å². The van der Waals surface area contributed by atoms with Crippen LogP contribution in [0.1, 0.15) is 5.56 Å². The van der Waals surface area contributed by atoms with Crippen LogP contribution in [0, 0.1) is 0 Å². The first-order valence-electron chi connectivity index (χ1n) is 4.62. The topological polar surface area (TPSA) is 95.3 Å². The number of hydrogen-bond donors (Lipinski definition) is 1. The van der Waals surface area contributed by atoms with Crippen LogP contribution in [0.2, 0.25) is 0 Å². The Bertz CT molecular complexity index is 386. The molecule has 0 fully saturated rings. The molecule has 0 heterocycles. The lowest BCUT2D eigenvalue weighted by Crippen LogP contribution is -2.23. The first kappa shape index (κ1) is 12.0. The molecule has 1 aromatic rings. The molecule has 1 atom stereocenters. The van der Waals surface area contributed by atoms with Crippen LogP contribution in [0.5, 0.6) is 0 Å². The van der Waals surface area contributed by atoms with Crippen molar-refractivity contribution >= 4 is 5.97 Å². The zero-order valence-corrected chi connectivity index (χ0v) is 8.48. The molecule has 1 rings (SSSR count). The summed E-state index contributed by atoms with van der Waals surface area (Å²) in [5.41, 5.74) is 9.08. The molecule has 0 aromatic heterocycles. The van der Waals surface area contributed by atoms with E-state index in [1.165, 1.54) is 0 Å². The largest absolute Gasteiger partial charge is 0.481 e. The highest BCUT2D eigenvalue weighted by Gasteiger charge is 2.15. The summed E-state index contributed by atoms with van der Waals surface area (Å²) in [6.07, 6.45) is 0. The quantitative estimate of drug-likeness (QED) is 0.451. The highest BCUT2D eigenvalue weighted by molar-refractivity contribution is 5.73. The summed E-state index contributed by atoms with van der Waals surface area (Å²) in [5.74, 6) is -1.19. The van der Waals surface area contributed by atoms with Crippen molar-refractivity contribution in [3.63, 3.8) is 0 Å². The minimum Gasteiger partial charge on any atom is -0.481 e. The second-order valence-corrected chi connectivity index (χ2v) is 3.06. The van der Waals surface area contributed by atoms with Crippen molar-refractivity contribution < 1.29 is 14.6 Å². The first-order valence-corrected chi connectivity index (χ1v) is 4.62. The molecule has 6 nitrogen and oxygen atoms in total. The molecule has 16 heavy (non-hydrogen) atoms. The Kier molecular flexibility index (Phi) is 4.85. The van der Waals surface area contributed by atoms with E-state index < -0.39 is 12.0 Å². The standard InChI is InChI=1S/C10H11N3O3/c11-13-12-9(10(14)15)7-16-6-8-4-2-1-3-5-8/h1-5,9H,6-7H2,(H,14,15)/t9-/m1/s1. The van der Waals surface area contributed by atoms with Gasteiger partial charge >= 0.3 is 5.97 Å². The molecule has 0 aliphatic rings. The monoisotopic (exact) mass is 221 g/mol. The summed E-state index contributed by atoms with van der Waals surface area (Å²) in [4.78, 5) is 13.0. The predicted molar refractivity (Wildman–Crippen MR) is 56.7 cm³/mol. The SMILES string of the molecule is [N-]=[N+]=N[C@H](COCc1ccccc1)C(=O)O. The average Bonchev–Trinajstić information content (AvgIpc) is 2.29. The van der Waals surface area contributed by atoms with Gasteiger partial charge in [-0.3, -0.25) is 4.79 Å². The van der Waals surface area contributed by atoms with Crippen LogP contribution in [-0.2, 0) is 16.1 Å². The van der Waals surface area contributed by atoms with Crippen LogP contribution in [0.25, 0.3) is 10.4 Å². The molecule has 0 bridgehead atoms. The van der Waals surface area contributed by atoms with Crippen LogP contribution in [0.3, 0.4) is 0 Å². The summed E-state index contributed by atoms with van der Waals surface area (Å²) in [6.45, 7) is 0.167. The fraction of sp³-hybridized carbons (Fsp3) is 0.300. The van der Waals surface area contributed by atoms with E-state index in [1.54, 1.807) is 0 Å². The zero-order chi connectivity index (χ0) is 11.8. The number of aliphatic carboxylic acids is 1. The molecule has 0 saturated carbocycles. The van der Waals surface area contributed by atoms with Gasteiger partial charge in [-0.15, -0.1) is 0 Å². The molecule has 0 unspecified atom stereocenters. The molecule has 0 radical (unpaired) electrons. The van der Waals surface area contributed by atoms with E-state index in [2.05, 4.69) is 10.0 Å². The van der Waals surface area contributed by atoms with Crippen molar-refractivity contribution in [2.75, 3.05) is 6.61 Å². The maximum Gasteiger partial charge on any atom is 0.314 e. The summed E-state index contributed by atoms with van der Waals surface area (Å²) < 4.78 is 5.15. The van der Waals surface area contributed by atoms with Crippen molar-refractivity contribution in [2.24, 2.45) is 5.11 Å². The van der Waals surface area contributed by atoms with Crippen molar-refractivity contribution in [3.05, 3.63) is 46.3 Å². The molecule has 0 amide bonds. The Morgan fingerprint density at radius 3 is 2.75 bits per heavy atom. The molecular formula is C10H11N3O3. The number of carboxylic acids is 1. The predicted octanol–water partition coefficient (Wildman–Crippen LogP) is 1.97. The van der Waals surface area contributed by atoms with E-state index in [1.807, 2.05) is 30.3 Å². The van der Waals surface area contributed by atoms with Gasteiger partial charge in [0.25, 0.3) is 0 Å². The minimum atomic E-state index is -1.19. The molecule has 0 spiro atoms. The molecule has 0 aliphatic carbocycles. The number of azide groups is 1. The molecule has 0 aliphatic heterocycles. The van der Waals surface area contributed by atoms with Gasteiger partial charge in [0, 0.05) is 4.91 Å². The van der Waals surface area contributed by atoms with Crippen molar-refractivity contribution in [2.45, 2.75) is 12.6 Å². The summed E-state index contributed by atoms with van der Waals surface area (Å²) in [7, 11) is 0. The van der Waals surface area contributed by atoms with Crippen LogP contribution < -0.4 is 0 Å². The smallest absolute Gasteiger partial charge is 0.314 e. The van der Waals surface area contributed by atoms with Crippen molar-refractivity contribution in [1.82, 2.24) is 0 Å². The van der Waals surface area contributed by atoms with Crippen LogP contribution >= 0.6 is 0 Å². The molecule has 84 valence electrons. The normalized spacial score (nSPS) is 11.5. The number of carbonyl (C=O) groups is 1. The van der Waals surface area contributed by atoms with Gasteiger partial charge in [0.05, 0.1) is 13.2 Å². The zero-order valence-electron chi connectivity index (χ0n) is 8.48. The number of rotatable bonds is 6. The van der Waals surface area contributed by atoms with Gasteiger partial charge in [-0.25, -0.2) is 0 Å². The number of benzene rings is 1. The van der Waals surface area contributed by atoms with Crippen molar-refractivity contribution in [3.8, 4) is 0 Å². The van der Waals surface area contributed by atoms with E-state index in [4.69, 9.17) is 15.4 Å². The van der Waals surface area contributed by atoms with Gasteiger partial charge in [-0.1, -0.05) is 35.4 Å². The number of nitrogens with zero attached hydrogens (tertiary/aromatic N) is 3. The molecular weight excluding hydrogens is 210 g/mol. The van der Waals surface area contributed by atoms with Gasteiger partial charge in [0.15, 0.2) is 6.04 Å². The summed E-state index contributed by atoms with van der Waals surface area (Å²) in [6, 6.07) is 8.16. The summed E-state index contributed by atoms with van der Waals surface area (Å²) in [5, 5.41) is 11.8. The lowest BCUT2D eigenvalue weighted by atomic mass is 10.2. The molecule has 1 N–H and O–H groups in total. The van der Waals surface area contributed by atoms with Crippen LogP contribution in [0.15, 0.2) is 35.4 Å². The Morgan fingerprint density at radius 2 is 2.19 bits per heavy atom. The minimum absolute atomic E-state index is 0.131. The molecule has 6 heteroatoms. The van der Waals surface area contributed by atoms with Crippen LogP contribution in [0.4, 0.5) is 0 Å². The van der Waals surface area contributed by atoms with Gasteiger partial charge in [-0.05, 0) is 11.1 Å². The number of ether oxygens (including phenoxy) is 1. The fourth-order valence-corrected chi connectivity index (χ4v) is 1.08. The third kappa shape index (κ3) is 4.00. The Hall–Kier alpha value is -2.04. The van der Waals surface area contributed by atoms with E-state index in [0.717, 1.165) is 5.56 Å². The highest BCUT2D eigenvalue weighted by Crippen LogP contribution is 2.02. The third-order valence-electron chi connectivity index (χ3n) is 1.86. The van der Waals surface area contributed by atoms with E-state index >= 15 is 0 Å². The van der Waals surface area contributed by atoms with Gasteiger partial charge in [0.2, 0.25) is 0 Å². The average molecular weight is 221 g/mol.